The number of nitrogens with zero attached hydrogens (tertiary/aromatic N) is 2. The molecule has 2 heterocycles. The van der Waals surface area contributed by atoms with E-state index in [-0.39, 0.29) is 37.0 Å². The Morgan fingerprint density at radius 1 is 0.531 bits per heavy atom. The van der Waals surface area contributed by atoms with Crippen LogP contribution in [0.5, 0.6) is 0 Å². The Morgan fingerprint density at radius 2 is 0.781 bits per heavy atom. The molecule has 4 heteroatoms. The summed E-state index contributed by atoms with van der Waals surface area (Å²) in [6.45, 7) is 21.3. The molecule has 4 nitrogen and oxygen atoms in total. The number of rotatable bonds is 9. The first-order valence-electron chi connectivity index (χ1n) is 12.6. The van der Waals surface area contributed by atoms with Crippen molar-refractivity contribution in [1.29, 1.82) is 0 Å². The predicted octanol–water partition coefficient (Wildman–Crippen LogP) is 6.30. The molecular weight excluding hydrogens is 392 g/mol. The number of hydrogen-bond donors (Lipinski definition) is 2. The van der Waals surface area contributed by atoms with Gasteiger partial charge in [-0.25, -0.2) is 0 Å². The molecule has 0 amide bonds. The fourth-order valence-electron chi connectivity index (χ4n) is 6.60. The molecular formula is C28H62N4. The minimum absolute atomic E-state index is 0. The highest BCUT2D eigenvalue weighted by Crippen LogP contribution is 2.32. The first-order valence-corrected chi connectivity index (χ1v) is 12.6. The number of hydrogen-bond acceptors (Lipinski definition) is 4. The van der Waals surface area contributed by atoms with Gasteiger partial charge in [0.1, 0.15) is 0 Å². The fourth-order valence-corrected chi connectivity index (χ4v) is 6.60. The minimum Gasteiger partial charge on any atom is -0.307 e. The molecule has 0 saturated carbocycles. The molecule has 2 fully saturated rings. The first kappa shape index (κ1) is 31.8. The van der Waals surface area contributed by atoms with Crippen molar-refractivity contribution in [3.05, 3.63) is 0 Å². The Kier molecular flexibility index (Phi) is 11.9. The molecule has 2 saturated heterocycles. The van der Waals surface area contributed by atoms with Crippen LogP contribution in [0, 0.1) is 0 Å². The second-order valence-electron chi connectivity index (χ2n) is 13.3. The molecule has 2 aliphatic heterocycles. The molecule has 0 aliphatic carbocycles. The van der Waals surface area contributed by atoms with E-state index in [9.17, 15) is 0 Å². The van der Waals surface area contributed by atoms with E-state index in [0.717, 1.165) is 0 Å². The van der Waals surface area contributed by atoms with Gasteiger partial charge in [0.15, 0.2) is 0 Å². The van der Waals surface area contributed by atoms with E-state index in [0.29, 0.717) is 12.1 Å². The summed E-state index contributed by atoms with van der Waals surface area (Å²) >= 11 is 0. The van der Waals surface area contributed by atoms with Crippen molar-refractivity contribution >= 4 is 0 Å². The molecule has 0 bridgehead atoms. The van der Waals surface area contributed by atoms with E-state index >= 15 is 0 Å². The van der Waals surface area contributed by atoms with Crippen LogP contribution in [0.25, 0.3) is 0 Å². The van der Waals surface area contributed by atoms with Crippen molar-refractivity contribution in [3.8, 4) is 0 Å². The summed E-state index contributed by atoms with van der Waals surface area (Å²) in [6, 6.07) is 1.41. The average Bonchev–Trinajstić information content (AvgIpc) is 2.51. The summed E-state index contributed by atoms with van der Waals surface area (Å²) in [4.78, 5) is 5.27. The molecule has 2 rings (SSSR count). The predicted molar refractivity (Wildman–Crippen MR) is 146 cm³/mol. The summed E-state index contributed by atoms with van der Waals surface area (Å²) in [6.07, 6.45) is 10.4. The van der Waals surface area contributed by atoms with Crippen LogP contribution in [0.4, 0.5) is 0 Å². The Bertz CT molecular complexity index is 458. The SMILES string of the molecule is C.C.CN(CCCCCCN(C)C1CC(C)(C)NC(C)(C)C1)C1CC(C)(C)NC(C)(C)C1. The minimum atomic E-state index is 0. The van der Waals surface area contributed by atoms with Crippen LogP contribution in [0.3, 0.4) is 0 Å². The van der Waals surface area contributed by atoms with Crippen LogP contribution in [0.15, 0.2) is 0 Å². The van der Waals surface area contributed by atoms with Gasteiger partial charge in [0.2, 0.25) is 0 Å². The van der Waals surface area contributed by atoms with Gasteiger partial charge in [0.05, 0.1) is 0 Å². The van der Waals surface area contributed by atoms with Gasteiger partial charge in [0, 0.05) is 34.2 Å². The molecule has 0 aromatic heterocycles. The van der Waals surface area contributed by atoms with E-state index in [2.05, 4.69) is 89.9 Å². The van der Waals surface area contributed by atoms with Crippen molar-refractivity contribution in [2.45, 2.75) is 156 Å². The number of nitrogens with one attached hydrogen (secondary N) is 2. The lowest BCUT2D eigenvalue weighted by Crippen LogP contribution is -2.61. The zero-order valence-corrected chi connectivity index (χ0v) is 22.1. The lowest BCUT2D eigenvalue weighted by atomic mass is 9.79. The molecule has 0 radical (unpaired) electrons. The third kappa shape index (κ3) is 10.4. The summed E-state index contributed by atoms with van der Waals surface area (Å²) in [5.74, 6) is 0. The van der Waals surface area contributed by atoms with E-state index < -0.39 is 0 Å². The smallest absolute Gasteiger partial charge is 0.0145 e. The summed E-state index contributed by atoms with van der Waals surface area (Å²) < 4.78 is 0. The van der Waals surface area contributed by atoms with E-state index in [4.69, 9.17) is 0 Å². The second-order valence-corrected chi connectivity index (χ2v) is 13.3. The Balaban J connectivity index is 0.00000480. The first-order chi connectivity index (χ1) is 13.6. The Hall–Kier alpha value is -0.160. The van der Waals surface area contributed by atoms with Crippen molar-refractivity contribution in [1.82, 2.24) is 20.4 Å². The molecule has 2 N–H and O–H groups in total. The number of unbranched alkanes of at least 4 members (excludes halogenated alkanes) is 3. The zero-order chi connectivity index (χ0) is 22.8. The normalized spacial score (nSPS) is 24.8. The van der Waals surface area contributed by atoms with Crippen molar-refractivity contribution in [3.63, 3.8) is 0 Å². The highest BCUT2D eigenvalue weighted by Gasteiger charge is 2.40. The molecule has 0 spiro atoms. The van der Waals surface area contributed by atoms with E-state index in [1.165, 1.54) is 64.5 Å². The highest BCUT2D eigenvalue weighted by atomic mass is 15.2. The maximum Gasteiger partial charge on any atom is 0.0145 e. The van der Waals surface area contributed by atoms with Crippen molar-refractivity contribution in [2.24, 2.45) is 0 Å². The molecule has 0 aromatic carbocycles. The van der Waals surface area contributed by atoms with Crippen LogP contribution in [0.1, 0.15) is 122 Å². The summed E-state index contributed by atoms with van der Waals surface area (Å²) in [7, 11) is 4.69. The van der Waals surface area contributed by atoms with Gasteiger partial charge in [-0.1, -0.05) is 27.7 Å². The molecule has 32 heavy (non-hydrogen) atoms. The van der Waals surface area contributed by atoms with Gasteiger partial charge in [-0.2, -0.15) is 0 Å². The highest BCUT2D eigenvalue weighted by molar-refractivity contribution is 5.00. The van der Waals surface area contributed by atoms with Gasteiger partial charge in [0.25, 0.3) is 0 Å². The van der Waals surface area contributed by atoms with Crippen molar-refractivity contribution in [2.75, 3.05) is 27.2 Å². The van der Waals surface area contributed by atoms with E-state index in [1.54, 1.807) is 0 Å². The van der Waals surface area contributed by atoms with Gasteiger partial charge >= 0.3 is 0 Å². The van der Waals surface area contributed by atoms with Gasteiger partial charge in [-0.3, -0.25) is 0 Å². The average molecular weight is 455 g/mol. The third-order valence-corrected chi connectivity index (χ3v) is 7.36. The largest absolute Gasteiger partial charge is 0.307 e. The molecule has 194 valence electrons. The maximum atomic E-state index is 3.81. The molecule has 0 unspecified atom stereocenters. The molecule has 2 aliphatic rings. The second kappa shape index (κ2) is 12.0. The van der Waals surface area contributed by atoms with Crippen LogP contribution in [0.2, 0.25) is 0 Å². The topological polar surface area (TPSA) is 30.5 Å². The number of piperidine rings is 2. The monoisotopic (exact) mass is 454 g/mol. The Labute approximate surface area is 203 Å². The Morgan fingerprint density at radius 3 is 1.03 bits per heavy atom. The summed E-state index contributed by atoms with van der Waals surface area (Å²) in [5, 5.41) is 7.63. The van der Waals surface area contributed by atoms with Crippen molar-refractivity contribution < 1.29 is 0 Å². The van der Waals surface area contributed by atoms with Crippen LogP contribution in [-0.4, -0.2) is 71.2 Å². The van der Waals surface area contributed by atoms with Crippen LogP contribution in [-0.2, 0) is 0 Å². The van der Waals surface area contributed by atoms with E-state index in [1.807, 2.05) is 0 Å². The van der Waals surface area contributed by atoms with Gasteiger partial charge in [-0.15, -0.1) is 0 Å². The molecule has 0 atom stereocenters. The molecule has 0 aromatic rings. The maximum absolute atomic E-state index is 3.81. The van der Waals surface area contributed by atoms with Crippen LogP contribution < -0.4 is 10.6 Å². The standard InChI is InChI=1S/C26H54N4.2CH4/c1-23(2)17-21(18-24(3,4)27-23)29(9)15-13-11-12-14-16-30(10)22-19-25(5,6)28-26(7,8)20-22;;/h21-22,27-28H,11-20H2,1-10H3;2*1H4. The lowest BCUT2D eigenvalue weighted by Gasteiger charge is -2.49. The zero-order valence-electron chi connectivity index (χ0n) is 22.1. The summed E-state index contributed by atoms with van der Waals surface area (Å²) in [5.41, 5.74) is 0.956. The van der Waals surface area contributed by atoms with Gasteiger partial charge < -0.3 is 20.4 Å². The third-order valence-electron chi connectivity index (χ3n) is 7.36. The fraction of sp³-hybridized carbons (Fsp3) is 1.00. The van der Waals surface area contributed by atoms with Crippen LogP contribution >= 0.6 is 0 Å². The quantitative estimate of drug-likeness (QED) is 0.400. The lowest BCUT2D eigenvalue weighted by molar-refractivity contribution is 0.0782. The van der Waals surface area contributed by atoms with Gasteiger partial charge in [-0.05, 0) is 121 Å².